The number of methoxy groups -OCH3 is 1. The monoisotopic (exact) mass is 437 g/mol. The summed E-state index contributed by atoms with van der Waals surface area (Å²) in [5, 5.41) is 4.41. The van der Waals surface area contributed by atoms with Crippen LogP contribution in [0.25, 0.3) is 0 Å². The normalized spacial score (nSPS) is 21.6. The average Bonchev–Trinajstić information content (AvgIpc) is 3.24. The number of nitrogens with one attached hydrogen (secondary N) is 1. The Kier molecular flexibility index (Phi) is 5.60. The lowest BCUT2D eigenvalue weighted by Crippen LogP contribution is -2.49. The lowest BCUT2D eigenvalue weighted by atomic mass is 9.84. The van der Waals surface area contributed by atoms with Gasteiger partial charge in [-0.15, -0.1) is 11.3 Å². The molecule has 2 aliphatic heterocycles. The van der Waals surface area contributed by atoms with Crippen LogP contribution in [0.5, 0.6) is 0 Å². The molecular weight excluding hydrogens is 414 g/mol. The van der Waals surface area contributed by atoms with Gasteiger partial charge in [0.1, 0.15) is 9.90 Å². The van der Waals surface area contributed by atoms with Crippen molar-refractivity contribution in [3.63, 3.8) is 0 Å². The first-order valence-corrected chi connectivity index (χ1v) is 11.8. The zero-order valence-electron chi connectivity index (χ0n) is 16.0. The molecule has 0 aromatic carbocycles. The van der Waals surface area contributed by atoms with E-state index in [1.165, 1.54) is 18.4 Å². The van der Waals surface area contributed by atoms with Crippen LogP contribution < -0.4 is 10.9 Å². The van der Waals surface area contributed by atoms with Crippen LogP contribution in [0.2, 0.25) is 0 Å². The van der Waals surface area contributed by atoms with E-state index in [9.17, 15) is 18.0 Å². The summed E-state index contributed by atoms with van der Waals surface area (Å²) in [7, 11) is -2.00. The Balaban J connectivity index is 1.58. The van der Waals surface area contributed by atoms with Gasteiger partial charge in [-0.3, -0.25) is 9.59 Å². The molecule has 8 nitrogen and oxygen atoms in total. The lowest BCUT2D eigenvalue weighted by molar-refractivity contribution is -0.117. The second kappa shape index (κ2) is 8.02. The smallest absolute Gasteiger partial charge is 0.274 e. The third-order valence-corrected chi connectivity index (χ3v) is 8.67. The molecule has 156 valence electrons. The zero-order chi connectivity index (χ0) is 20.6. The largest absolute Gasteiger partial charge is 0.384 e. The first kappa shape index (κ1) is 20.3. The minimum atomic E-state index is -3.51. The quantitative estimate of drug-likeness (QED) is 0.742. The standard InChI is InChI=1S/C19H23N3O5S2/c1-27-7-6-17(23)20-15-4-5-16-14-9-13(11-22(16)19(15)24)10-21(12-14)29(25,26)18-3-2-8-28-18/h2-5,8,13-14H,6-7,9-12H2,1H3,(H,20,23)/t13-,14+/m0/s1. The number of pyridine rings is 1. The molecule has 2 aliphatic rings. The number of carbonyl (C=O) groups excluding carboxylic acids is 1. The van der Waals surface area contributed by atoms with Crippen molar-refractivity contribution in [2.45, 2.75) is 29.5 Å². The first-order valence-electron chi connectivity index (χ1n) is 9.46. The molecule has 0 saturated carbocycles. The highest BCUT2D eigenvalue weighted by Gasteiger charge is 2.40. The van der Waals surface area contributed by atoms with E-state index in [1.54, 1.807) is 32.5 Å². The summed E-state index contributed by atoms with van der Waals surface area (Å²) in [5.74, 6) is -0.245. The number of thiophene rings is 1. The second-order valence-corrected chi connectivity index (χ2v) is 10.5. The predicted molar refractivity (Wildman–Crippen MR) is 110 cm³/mol. The molecule has 1 N–H and O–H groups in total. The van der Waals surface area contributed by atoms with E-state index in [4.69, 9.17) is 4.74 Å². The molecule has 2 atom stereocenters. The molecule has 4 heterocycles. The predicted octanol–water partition coefficient (Wildman–Crippen LogP) is 1.69. The van der Waals surface area contributed by atoms with E-state index in [-0.39, 0.29) is 42.0 Å². The fourth-order valence-electron chi connectivity index (χ4n) is 4.14. The number of ether oxygens (including phenoxy) is 1. The summed E-state index contributed by atoms with van der Waals surface area (Å²) in [6.07, 6.45) is 1.04. The van der Waals surface area contributed by atoms with E-state index in [2.05, 4.69) is 5.32 Å². The number of hydrogen-bond acceptors (Lipinski definition) is 6. The van der Waals surface area contributed by atoms with E-state index in [0.29, 0.717) is 23.8 Å². The summed E-state index contributed by atoms with van der Waals surface area (Å²) in [6, 6.07) is 6.81. The molecular formula is C19H23N3O5S2. The molecule has 29 heavy (non-hydrogen) atoms. The highest BCUT2D eigenvalue weighted by molar-refractivity contribution is 7.91. The summed E-state index contributed by atoms with van der Waals surface area (Å²) in [5.41, 5.74) is 0.836. The van der Waals surface area contributed by atoms with Gasteiger partial charge in [0.15, 0.2) is 0 Å². The van der Waals surface area contributed by atoms with Gasteiger partial charge in [-0.2, -0.15) is 4.31 Å². The Morgan fingerprint density at radius 3 is 2.83 bits per heavy atom. The van der Waals surface area contributed by atoms with Gasteiger partial charge in [0.25, 0.3) is 15.6 Å². The Bertz CT molecular complexity index is 1060. The molecule has 0 aliphatic carbocycles. The van der Waals surface area contributed by atoms with Crippen molar-refractivity contribution >= 4 is 33.0 Å². The molecule has 2 aromatic heterocycles. The van der Waals surface area contributed by atoms with E-state index >= 15 is 0 Å². The van der Waals surface area contributed by atoms with Crippen molar-refractivity contribution in [2.75, 3.05) is 32.1 Å². The Morgan fingerprint density at radius 1 is 1.28 bits per heavy atom. The molecule has 1 saturated heterocycles. The fourth-order valence-corrected chi connectivity index (χ4v) is 6.84. The number of amides is 1. The van der Waals surface area contributed by atoms with Crippen molar-refractivity contribution in [2.24, 2.45) is 5.92 Å². The molecule has 10 heteroatoms. The molecule has 0 unspecified atom stereocenters. The van der Waals surface area contributed by atoms with Crippen LogP contribution in [0.3, 0.4) is 0 Å². The molecule has 2 bridgehead atoms. The number of aromatic nitrogens is 1. The Morgan fingerprint density at radius 2 is 2.10 bits per heavy atom. The van der Waals surface area contributed by atoms with Gasteiger partial charge in [0, 0.05) is 38.4 Å². The van der Waals surface area contributed by atoms with Crippen LogP contribution in [0.15, 0.2) is 38.6 Å². The minimum absolute atomic E-state index is 0.0387. The number of fused-ring (bicyclic) bond motifs is 4. The van der Waals surface area contributed by atoms with E-state index < -0.39 is 10.0 Å². The van der Waals surface area contributed by atoms with Crippen LogP contribution in [0.4, 0.5) is 5.69 Å². The van der Waals surface area contributed by atoms with Gasteiger partial charge < -0.3 is 14.6 Å². The van der Waals surface area contributed by atoms with Gasteiger partial charge in [0.05, 0.1) is 13.0 Å². The second-order valence-electron chi connectivity index (χ2n) is 7.43. The van der Waals surface area contributed by atoms with E-state index in [0.717, 1.165) is 12.1 Å². The topological polar surface area (TPSA) is 97.7 Å². The summed E-state index contributed by atoms with van der Waals surface area (Å²) in [4.78, 5) is 24.8. The summed E-state index contributed by atoms with van der Waals surface area (Å²) >= 11 is 1.22. The third kappa shape index (κ3) is 3.89. The number of nitrogens with zero attached hydrogens (tertiary/aromatic N) is 2. The van der Waals surface area contributed by atoms with Crippen LogP contribution in [-0.4, -0.2) is 50.0 Å². The molecule has 1 amide bonds. The molecule has 2 aromatic rings. The number of rotatable bonds is 6. The molecule has 1 fully saturated rings. The van der Waals surface area contributed by atoms with E-state index in [1.807, 2.05) is 6.07 Å². The van der Waals surface area contributed by atoms with Crippen LogP contribution in [-0.2, 0) is 26.1 Å². The third-order valence-electron chi connectivity index (χ3n) is 5.47. The number of sulfonamides is 1. The van der Waals surface area contributed by atoms with Gasteiger partial charge in [0.2, 0.25) is 5.91 Å². The van der Waals surface area contributed by atoms with Crippen LogP contribution in [0.1, 0.15) is 24.5 Å². The van der Waals surface area contributed by atoms with Gasteiger partial charge in [-0.1, -0.05) is 6.07 Å². The first-order chi connectivity index (χ1) is 13.9. The summed E-state index contributed by atoms with van der Waals surface area (Å²) < 4.78 is 34.3. The molecule has 0 radical (unpaired) electrons. The van der Waals surface area contributed by atoms with Crippen molar-refractivity contribution in [1.82, 2.24) is 8.87 Å². The SMILES string of the molecule is COCCC(=O)Nc1ccc2n(c1=O)C[C@H]1C[C@@H]2CN(S(=O)(=O)c2cccs2)C1. The van der Waals surface area contributed by atoms with Crippen LogP contribution >= 0.6 is 11.3 Å². The maximum atomic E-state index is 12.9. The fraction of sp³-hybridized carbons (Fsp3) is 0.474. The van der Waals surface area contributed by atoms with Crippen molar-refractivity contribution in [3.05, 3.63) is 45.7 Å². The highest BCUT2D eigenvalue weighted by atomic mass is 32.2. The number of piperidine rings is 1. The summed E-state index contributed by atoms with van der Waals surface area (Å²) in [6.45, 7) is 1.49. The van der Waals surface area contributed by atoms with Crippen molar-refractivity contribution < 1.29 is 17.9 Å². The van der Waals surface area contributed by atoms with Gasteiger partial charge >= 0.3 is 0 Å². The molecule has 0 spiro atoms. The highest BCUT2D eigenvalue weighted by Crippen LogP contribution is 2.38. The molecule has 4 rings (SSSR count). The Labute approximate surface area is 173 Å². The number of hydrogen-bond donors (Lipinski definition) is 1. The van der Waals surface area contributed by atoms with Crippen LogP contribution in [0, 0.1) is 5.92 Å². The van der Waals surface area contributed by atoms with Gasteiger partial charge in [-0.05, 0) is 35.9 Å². The minimum Gasteiger partial charge on any atom is -0.384 e. The Hall–Kier alpha value is -2.01. The maximum absolute atomic E-state index is 12.9. The van der Waals surface area contributed by atoms with Gasteiger partial charge in [-0.25, -0.2) is 8.42 Å². The van der Waals surface area contributed by atoms with Crippen molar-refractivity contribution in [3.8, 4) is 0 Å². The number of anilines is 1. The number of carbonyl (C=O) groups is 1. The average molecular weight is 438 g/mol. The van der Waals surface area contributed by atoms with Crippen molar-refractivity contribution in [1.29, 1.82) is 0 Å². The zero-order valence-corrected chi connectivity index (χ0v) is 17.7. The lowest BCUT2D eigenvalue weighted by Gasteiger charge is -2.42. The maximum Gasteiger partial charge on any atom is 0.274 e.